The summed E-state index contributed by atoms with van der Waals surface area (Å²) in [6.07, 6.45) is 1.76. The molecule has 0 aliphatic carbocycles. The van der Waals surface area contributed by atoms with Crippen LogP contribution in [0.2, 0.25) is 0 Å². The lowest BCUT2D eigenvalue weighted by Crippen LogP contribution is -2.00. The van der Waals surface area contributed by atoms with E-state index >= 15 is 0 Å². The van der Waals surface area contributed by atoms with Crippen molar-refractivity contribution in [2.45, 2.75) is 6.92 Å². The highest BCUT2D eigenvalue weighted by Crippen LogP contribution is 2.26. The summed E-state index contributed by atoms with van der Waals surface area (Å²) in [5, 5.41) is 0. The van der Waals surface area contributed by atoms with Crippen LogP contribution in [0.4, 0.5) is 5.69 Å². The second kappa shape index (κ2) is 4.28. The maximum absolute atomic E-state index is 5.95. The lowest BCUT2D eigenvalue weighted by molar-refractivity contribution is 0.417. The molecular weight excluding hydrogens is 240 g/mol. The second-order valence-electron chi connectivity index (χ2n) is 4.27. The zero-order valence-electron chi connectivity index (χ0n) is 10.8. The molecule has 0 radical (unpaired) electrons. The Morgan fingerprint density at radius 2 is 2.11 bits per heavy atom. The highest BCUT2D eigenvalue weighted by Gasteiger charge is 2.11. The summed E-state index contributed by atoms with van der Waals surface area (Å²) in [7, 11) is 1.60. The largest absolute Gasteiger partial charge is 0.495 e. The van der Waals surface area contributed by atoms with Crippen LogP contribution < -0.4 is 10.5 Å². The number of hydrogen-bond donors (Lipinski definition) is 1. The van der Waals surface area contributed by atoms with Gasteiger partial charge in [-0.1, -0.05) is 0 Å². The van der Waals surface area contributed by atoms with E-state index in [9.17, 15) is 0 Å². The van der Waals surface area contributed by atoms with Crippen LogP contribution in [0.5, 0.6) is 5.75 Å². The van der Waals surface area contributed by atoms with E-state index in [2.05, 4.69) is 9.97 Å². The van der Waals surface area contributed by atoms with Gasteiger partial charge in [-0.2, -0.15) is 0 Å². The molecule has 0 fully saturated rings. The fourth-order valence-electron chi connectivity index (χ4n) is 2.20. The summed E-state index contributed by atoms with van der Waals surface area (Å²) in [5.41, 5.74) is 9.17. The van der Waals surface area contributed by atoms with Gasteiger partial charge in [-0.15, -0.1) is 0 Å². The number of pyridine rings is 1. The minimum Gasteiger partial charge on any atom is -0.495 e. The summed E-state index contributed by atoms with van der Waals surface area (Å²) >= 11 is 0. The molecule has 3 rings (SSSR count). The van der Waals surface area contributed by atoms with Gasteiger partial charge in [0.15, 0.2) is 5.65 Å². The Kier molecular flexibility index (Phi) is 2.59. The molecular formula is C14H14N4O. The van der Waals surface area contributed by atoms with Crippen LogP contribution in [0.15, 0.2) is 36.5 Å². The summed E-state index contributed by atoms with van der Waals surface area (Å²) in [5.74, 6) is 1.54. The predicted octanol–water partition coefficient (Wildman–Crippen LogP) is 2.32. The van der Waals surface area contributed by atoms with Crippen LogP contribution in [0.3, 0.4) is 0 Å². The first-order valence-corrected chi connectivity index (χ1v) is 5.94. The Hall–Kier alpha value is -2.56. The second-order valence-corrected chi connectivity index (χ2v) is 4.27. The third-order valence-corrected chi connectivity index (χ3v) is 3.06. The number of aryl methyl sites for hydroxylation is 1. The maximum Gasteiger partial charge on any atom is 0.164 e. The van der Waals surface area contributed by atoms with Crippen molar-refractivity contribution >= 4 is 16.9 Å². The number of nitrogens with two attached hydrogens (primary N) is 1. The van der Waals surface area contributed by atoms with Crippen LogP contribution in [0, 0.1) is 6.92 Å². The van der Waals surface area contributed by atoms with Gasteiger partial charge in [0.25, 0.3) is 0 Å². The lowest BCUT2D eigenvalue weighted by atomic mass is 10.2. The summed E-state index contributed by atoms with van der Waals surface area (Å²) < 4.78 is 7.15. The van der Waals surface area contributed by atoms with Gasteiger partial charge in [-0.05, 0) is 37.3 Å². The van der Waals surface area contributed by atoms with E-state index in [4.69, 9.17) is 10.5 Å². The fourth-order valence-corrected chi connectivity index (χ4v) is 2.20. The van der Waals surface area contributed by atoms with Crippen molar-refractivity contribution < 1.29 is 4.74 Å². The van der Waals surface area contributed by atoms with E-state index in [-0.39, 0.29) is 0 Å². The van der Waals surface area contributed by atoms with Gasteiger partial charge in [0.05, 0.1) is 18.5 Å². The monoisotopic (exact) mass is 254 g/mol. The van der Waals surface area contributed by atoms with Crippen molar-refractivity contribution in [3.63, 3.8) is 0 Å². The minimum atomic E-state index is 0.595. The van der Waals surface area contributed by atoms with E-state index in [1.54, 1.807) is 13.3 Å². The van der Waals surface area contributed by atoms with E-state index in [0.717, 1.165) is 22.7 Å². The molecule has 2 heterocycles. The summed E-state index contributed by atoms with van der Waals surface area (Å²) in [6.45, 7) is 1.95. The van der Waals surface area contributed by atoms with Crippen molar-refractivity contribution in [2.24, 2.45) is 0 Å². The van der Waals surface area contributed by atoms with Gasteiger partial charge < -0.3 is 10.5 Å². The standard InChI is InChI=1S/C14H14N4O/c1-9-17-12-4-3-7-16-14(12)18(9)10-5-6-13(19-2)11(15)8-10/h3-8H,15H2,1-2H3. The number of methoxy groups -OCH3 is 1. The molecule has 19 heavy (non-hydrogen) atoms. The molecule has 0 saturated carbocycles. The van der Waals surface area contributed by atoms with E-state index in [0.29, 0.717) is 11.4 Å². The Morgan fingerprint density at radius 3 is 2.84 bits per heavy atom. The molecule has 5 heteroatoms. The van der Waals surface area contributed by atoms with Crippen LogP contribution in [-0.2, 0) is 0 Å². The number of hydrogen-bond acceptors (Lipinski definition) is 4. The number of anilines is 1. The fraction of sp³-hybridized carbons (Fsp3) is 0.143. The Bertz CT molecular complexity index is 748. The smallest absolute Gasteiger partial charge is 0.164 e. The number of benzene rings is 1. The van der Waals surface area contributed by atoms with Crippen molar-refractivity contribution in [3.05, 3.63) is 42.4 Å². The first-order valence-electron chi connectivity index (χ1n) is 5.94. The molecule has 0 amide bonds. The number of rotatable bonds is 2. The third kappa shape index (κ3) is 1.79. The van der Waals surface area contributed by atoms with Gasteiger partial charge >= 0.3 is 0 Å². The van der Waals surface area contributed by atoms with Crippen LogP contribution in [0.25, 0.3) is 16.9 Å². The average Bonchev–Trinajstić information content (AvgIpc) is 2.74. The number of fused-ring (bicyclic) bond motifs is 1. The number of ether oxygens (including phenoxy) is 1. The van der Waals surface area contributed by atoms with E-state index in [1.807, 2.05) is 41.8 Å². The predicted molar refractivity (Wildman–Crippen MR) is 74.6 cm³/mol. The van der Waals surface area contributed by atoms with Gasteiger partial charge in [0, 0.05) is 6.20 Å². The zero-order chi connectivity index (χ0) is 13.4. The quantitative estimate of drug-likeness (QED) is 0.713. The average molecular weight is 254 g/mol. The van der Waals surface area contributed by atoms with Gasteiger partial charge in [-0.3, -0.25) is 4.57 Å². The van der Waals surface area contributed by atoms with E-state index < -0.39 is 0 Å². The SMILES string of the molecule is COc1ccc(-n2c(C)nc3cccnc32)cc1N. The third-order valence-electron chi connectivity index (χ3n) is 3.06. The van der Waals surface area contributed by atoms with Crippen LogP contribution in [0.1, 0.15) is 5.82 Å². The van der Waals surface area contributed by atoms with Gasteiger partial charge in [0.1, 0.15) is 17.1 Å². The number of imidazole rings is 1. The van der Waals surface area contributed by atoms with Crippen molar-refractivity contribution in [3.8, 4) is 11.4 Å². The first-order chi connectivity index (χ1) is 9.20. The molecule has 0 saturated heterocycles. The van der Waals surface area contributed by atoms with Gasteiger partial charge in [0.2, 0.25) is 0 Å². The Labute approximate surface area is 110 Å². The highest BCUT2D eigenvalue weighted by atomic mass is 16.5. The summed E-state index contributed by atoms with van der Waals surface area (Å²) in [6, 6.07) is 9.47. The molecule has 0 aliphatic rings. The van der Waals surface area contributed by atoms with Crippen LogP contribution >= 0.6 is 0 Å². The molecule has 1 aromatic carbocycles. The van der Waals surface area contributed by atoms with Crippen molar-refractivity contribution in [2.75, 3.05) is 12.8 Å². The highest BCUT2D eigenvalue weighted by molar-refractivity contribution is 5.74. The molecule has 2 aromatic heterocycles. The number of nitrogens with zero attached hydrogens (tertiary/aromatic N) is 3. The molecule has 0 spiro atoms. The molecule has 2 N–H and O–H groups in total. The summed E-state index contributed by atoms with van der Waals surface area (Å²) in [4.78, 5) is 8.87. The topological polar surface area (TPSA) is 66.0 Å². The molecule has 0 atom stereocenters. The first kappa shape index (κ1) is 11.5. The van der Waals surface area contributed by atoms with E-state index in [1.165, 1.54) is 0 Å². The van der Waals surface area contributed by atoms with Crippen molar-refractivity contribution in [1.29, 1.82) is 0 Å². The molecule has 96 valence electrons. The van der Waals surface area contributed by atoms with Gasteiger partial charge in [-0.25, -0.2) is 9.97 Å². The molecule has 0 bridgehead atoms. The van der Waals surface area contributed by atoms with Crippen molar-refractivity contribution in [1.82, 2.24) is 14.5 Å². The Morgan fingerprint density at radius 1 is 1.26 bits per heavy atom. The number of aromatic nitrogens is 3. The minimum absolute atomic E-state index is 0.595. The molecule has 0 unspecified atom stereocenters. The molecule has 5 nitrogen and oxygen atoms in total. The number of nitrogen functional groups attached to an aromatic ring is 1. The molecule has 3 aromatic rings. The van der Waals surface area contributed by atoms with Crippen LogP contribution in [-0.4, -0.2) is 21.6 Å². The maximum atomic E-state index is 5.95. The normalized spacial score (nSPS) is 10.8. The Balaban J connectivity index is 2.24. The zero-order valence-corrected chi connectivity index (χ0v) is 10.8. The lowest BCUT2D eigenvalue weighted by Gasteiger charge is -2.09. The molecule has 0 aliphatic heterocycles.